The second-order valence-corrected chi connectivity index (χ2v) is 27.9. The molecule has 20 N–H and O–H groups in total. The average Bonchev–Trinajstić information content (AvgIpc) is 1.61. The van der Waals surface area contributed by atoms with E-state index in [1.54, 1.807) is 24.3 Å². The van der Waals surface area contributed by atoms with Gasteiger partial charge in [0.2, 0.25) is 59.1 Å². The number of aromatic amines is 1. The van der Waals surface area contributed by atoms with Crippen LogP contribution in [0.4, 0.5) is 0 Å². The number of benzene rings is 3. The smallest absolute Gasteiger partial charge is 0.306 e. The minimum atomic E-state index is -1.95. The lowest BCUT2D eigenvalue weighted by Gasteiger charge is -2.30. The molecule has 4 aromatic rings. The number of para-hydroxylation sites is 1. The molecule has 0 saturated carbocycles. The van der Waals surface area contributed by atoms with Crippen molar-refractivity contribution in [2.75, 3.05) is 37.8 Å². The van der Waals surface area contributed by atoms with Gasteiger partial charge in [0.25, 0.3) is 0 Å². The molecule has 10 amide bonds. The molecule has 2 saturated heterocycles. The van der Waals surface area contributed by atoms with Gasteiger partial charge in [-0.3, -0.25) is 77.5 Å². The van der Waals surface area contributed by atoms with Gasteiger partial charge in [-0.2, -0.15) is 25.3 Å². The number of amides is 10. The van der Waals surface area contributed by atoms with Crippen LogP contribution in [0.25, 0.3) is 22.0 Å². The van der Waals surface area contributed by atoms with Crippen LogP contribution in [0.15, 0.2) is 83.9 Å². The largest absolute Gasteiger partial charge is 0.481 e. The summed E-state index contributed by atoms with van der Waals surface area (Å²) in [7, 11) is 0. The number of aliphatic hydroxyl groups is 1. The van der Waals surface area contributed by atoms with Crippen LogP contribution in [-0.2, 0) is 78.3 Å². The Morgan fingerprint density at radius 3 is 1.89 bits per heavy atom. The highest BCUT2D eigenvalue weighted by Gasteiger charge is 2.42. The number of aliphatic imine (C=N–C) groups is 1. The fraction of sp³-hybridized carbons (Fsp3) is 0.507. The number of fused-ring (bicyclic) bond motifs is 5. The second-order valence-electron chi connectivity index (χ2n) is 27.2. The number of amidine groups is 1. The van der Waals surface area contributed by atoms with Crippen LogP contribution in [0.2, 0.25) is 0 Å². The van der Waals surface area contributed by atoms with E-state index in [-0.39, 0.29) is 132 Å². The van der Waals surface area contributed by atoms with Gasteiger partial charge in [-0.25, -0.2) is 0 Å². The number of aromatic nitrogens is 1. The molecule has 2 aliphatic heterocycles. The highest BCUT2D eigenvalue weighted by Crippen LogP contribution is 2.44. The molecule has 584 valence electrons. The van der Waals surface area contributed by atoms with Crippen LogP contribution >= 0.6 is 25.3 Å². The summed E-state index contributed by atoms with van der Waals surface area (Å²) in [6.45, 7) is -0.00753. The molecule has 0 bridgehead atoms. The van der Waals surface area contributed by atoms with Crippen molar-refractivity contribution in [2.45, 2.75) is 183 Å². The molecule has 0 radical (unpaired) electrons. The summed E-state index contributed by atoms with van der Waals surface area (Å²) >= 11 is 8.63. The molecule has 0 spiro atoms. The topological polar surface area (TPSA) is 544 Å². The molecule has 3 aromatic carbocycles. The lowest BCUT2D eigenvalue weighted by molar-refractivity contribution is -0.146. The van der Waals surface area contributed by atoms with Crippen molar-refractivity contribution in [3.63, 3.8) is 0 Å². The Hall–Kier alpha value is -10.4. The van der Waals surface area contributed by atoms with E-state index in [0.717, 1.165) is 32.5 Å². The third-order valence-corrected chi connectivity index (χ3v) is 19.9. The number of ketones is 2. The van der Waals surface area contributed by atoms with Crippen LogP contribution in [0, 0.1) is 17.2 Å². The van der Waals surface area contributed by atoms with E-state index in [1.807, 2.05) is 54.6 Å². The maximum Gasteiger partial charge on any atom is 0.306 e. The van der Waals surface area contributed by atoms with Gasteiger partial charge in [0, 0.05) is 73.3 Å². The second kappa shape index (κ2) is 41.6. The van der Waals surface area contributed by atoms with Gasteiger partial charge in [-0.05, 0) is 104 Å². The number of aliphatic carboxylic acids is 1. The number of thiol groups is 2. The molecule has 108 heavy (non-hydrogen) atoms. The third kappa shape index (κ3) is 24.8. The first kappa shape index (κ1) is 84.8. The van der Waals surface area contributed by atoms with Crippen molar-refractivity contribution < 1.29 is 82.1 Å². The zero-order valence-corrected chi connectivity index (χ0v) is 61.8. The highest BCUT2D eigenvalue weighted by molar-refractivity contribution is 7.80. The van der Waals surface area contributed by atoms with E-state index in [4.69, 9.17) is 33.1 Å². The van der Waals surface area contributed by atoms with Crippen LogP contribution < -0.4 is 65.5 Å². The molecule has 11 atom stereocenters. The quantitative estimate of drug-likeness (QED) is 0.0127. The first-order valence-corrected chi connectivity index (χ1v) is 37.3. The Morgan fingerprint density at radius 2 is 1.25 bits per heavy atom. The number of guanidine groups is 1. The number of nitrogens with one attached hydrogen (secondary N) is 10. The molecule has 1 aromatic heterocycles. The van der Waals surface area contributed by atoms with Crippen molar-refractivity contribution in [1.82, 2.24) is 52.4 Å². The summed E-state index contributed by atoms with van der Waals surface area (Å²) in [6, 6.07) is 10.7. The van der Waals surface area contributed by atoms with Gasteiger partial charge in [0.05, 0.1) is 43.3 Å². The van der Waals surface area contributed by atoms with Gasteiger partial charge >= 0.3 is 11.9 Å². The number of carboxylic acids is 1. The fourth-order valence-corrected chi connectivity index (χ4v) is 13.9. The van der Waals surface area contributed by atoms with Crippen molar-refractivity contribution >= 4 is 131 Å². The number of nitrogens with zero attached hydrogens (tertiary/aromatic N) is 2. The number of carbonyl (C=O) groups is 14. The Bertz CT molecular complexity index is 3900. The summed E-state index contributed by atoms with van der Waals surface area (Å²) in [6.07, 6.45) is -3.04. The molecule has 3 heterocycles. The van der Waals surface area contributed by atoms with Crippen molar-refractivity contribution in [3.8, 4) is 11.1 Å². The number of ether oxygens (including phenoxy) is 1. The number of carboxylic acid groups (broad SMARTS) is 1. The van der Waals surface area contributed by atoms with Gasteiger partial charge in [0.15, 0.2) is 17.5 Å². The predicted molar refractivity (Wildman–Crippen MR) is 403 cm³/mol. The number of esters is 1. The number of carbonyl (C=O) groups excluding carboxylic acids is 13. The molecule has 35 heteroatoms. The number of primary amides is 1. The number of Topliss-reactive ketones (excluding diaryl/α,β-unsaturated/α-hetero) is 2. The first-order chi connectivity index (χ1) is 51.6. The maximum absolute atomic E-state index is 14.8. The zero-order chi connectivity index (χ0) is 78.7. The molecule has 1 unspecified atom stereocenters. The normalized spacial score (nSPS) is 23.0. The van der Waals surface area contributed by atoms with Gasteiger partial charge < -0.3 is 90.3 Å². The summed E-state index contributed by atoms with van der Waals surface area (Å²) in [5.41, 5.74) is 27.8. The Balaban J connectivity index is 1.16. The minimum Gasteiger partial charge on any atom is -0.481 e. The van der Waals surface area contributed by atoms with E-state index in [1.165, 1.54) is 6.92 Å². The van der Waals surface area contributed by atoms with Crippen LogP contribution in [-0.4, -0.2) is 207 Å². The van der Waals surface area contributed by atoms with E-state index in [9.17, 15) is 77.3 Å². The lowest BCUT2D eigenvalue weighted by Crippen LogP contribution is -2.60. The van der Waals surface area contributed by atoms with Crippen LogP contribution in [0.3, 0.4) is 0 Å². The number of unbranched alkanes of at least 4 members (excludes halogenated alkanes) is 1. The van der Waals surface area contributed by atoms with E-state index in [0.29, 0.717) is 17.6 Å². The van der Waals surface area contributed by atoms with Crippen molar-refractivity contribution in [1.29, 1.82) is 5.41 Å². The molecule has 3 aliphatic rings. The number of rotatable bonds is 26. The van der Waals surface area contributed by atoms with Crippen LogP contribution in [0.5, 0.6) is 0 Å². The molecule has 33 nitrogen and oxygen atoms in total. The number of hydrogen-bond acceptors (Lipinski definition) is 20. The summed E-state index contributed by atoms with van der Waals surface area (Å²) in [5.74, 6) is -17.3. The summed E-state index contributed by atoms with van der Waals surface area (Å²) in [4.78, 5) is 205. The van der Waals surface area contributed by atoms with E-state index in [2.05, 4.69) is 77.8 Å². The molecule has 1 aliphatic carbocycles. The Morgan fingerprint density at radius 1 is 0.657 bits per heavy atom. The fourth-order valence-electron chi connectivity index (χ4n) is 13.3. The molecular weight excluding hydrogens is 1440 g/mol. The number of nitrogens with two attached hydrogens (primary N) is 4. The van der Waals surface area contributed by atoms with Gasteiger partial charge in [-0.15, -0.1) is 0 Å². The number of H-pyrrole nitrogens is 1. The number of aliphatic hydroxyl groups excluding tert-OH is 1. The monoisotopic (exact) mass is 1530 g/mol. The van der Waals surface area contributed by atoms with Crippen molar-refractivity contribution in [2.24, 2.45) is 39.8 Å². The molecule has 7 rings (SSSR count). The standard InChI is InChI=1S/C73H98N16O17S2/c1-39-58(91)33-42(31-43-30-40-14-2-8-20-49(40)81-43)66(99)84-51(22-10-11-25-60(74)75)67(100)83-50(64(76)97)21-9-3-15-41(32-59(92)55(37-107)82-61(93)26-27-63(96)106-36-48-46-18-6-4-16-44(46)45-17-5-7-19-47(45)48)65(98)87-54(35-90)69(102)86-53(34-62(94)95)72(105)89-29-13-24-57(89)71(104)85-52(23-12-28-79-73(77)78)68(101)88-56(38-108)70(103)80-39/h2,4-8,14,16-20,30,39,41-42,48,50-57,81,90,107-108H,3,9-13,15,21-29,31-38H2,1H3,(H3,74,75)(H2,76,97)(H,80,103)(H,82,93)(H,83,100)(H,84,99)(H,85,104)(H,86,102)(H,87,98)(H,88,101)(H,94,95)(H4,77,78,79)/t39-,41+,42+,50-,51-,52-,53-,54-,55-,56-,57?/m0/s1. The Labute approximate surface area is 634 Å². The first-order valence-electron chi connectivity index (χ1n) is 36.0. The van der Waals surface area contributed by atoms with Crippen molar-refractivity contribution in [3.05, 3.63) is 95.7 Å². The minimum absolute atomic E-state index is 0.00603. The average molecular weight is 1540 g/mol. The Kier molecular flexibility index (Phi) is 32.7. The maximum atomic E-state index is 14.8. The van der Waals surface area contributed by atoms with E-state index >= 15 is 0 Å². The van der Waals surface area contributed by atoms with Crippen LogP contribution in [0.1, 0.15) is 139 Å². The predicted octanol–water partition coefficient (Wildman–Crippen LogP) is -0.178. The third-order valence-electron chi connectivity index (χ3n) is 19.2. The highest BCUT2D eigenvalue weighted by atomic mass is 32.1. The number of hydrogen-bond donors (Lipinski definition) is 18. The zero-order valence-electron chi connectivity index (χ0n) is 60.0. The summed E-state index contributed by atoms with van der Waals surface area (Å²) < 4.78 is 5.67. The molecule has 2 fully saturated rings. The summed E-state index contributed by atoms with van der Waals surface area (Å²) in [5, 5.41) is 49.7. The lowest BCUT2D eigenvalue weighted by atomic mass is 9.91. The van der Waals surface area contributed by atoms with E-state index < -0.39 is 181 Å². The van der Waals surface area contributed by atoms with Gasteiger partial charge in [0.1, 0.15) is 48.9 Å². The van der Waals surface area contributed by atoms with Gasteiger partial charge in [-0.1, -0.05) is 86.0 Å². The molecular formula is C73H98N16O17S2. The SMILES string of the molecule is C[C@@H]1NC(=O)[C@H](CS)NC(=O)[C@H](CCCN=C(N)N)NC(=O)C2CCCN2C(=O)[C@H](CC(=O)O)NC(=O)[C@H](CO)NC(=O)[C@@H](CC(=O)[C@H](CS)NC(=O)CCC(=O)OCC2c3ccccc3-c3ccccc32)CCCC[C@@H](C(N)=O)NC(=O)[C@H](CCCCC(=N)N)NC(=O)[C@H](Cc2cc3ccccc3[nH]2)CC1=O.